The number of likely N-dealkylation sites (N-methyl/N-ethyl adjacent to an activating group) is 1. The molecule has 0 heterocycles. The van der Waals surface area contributed by atoms with E-state index in [-0.39, 0.29) is 17.3 Å². The molecule has 0 aliphatic carbocycles. The van der Waals surface area contributed by atoms with E-state index in [1.807, 2.05) is 19.2 Å². The molecule has 2 rings (SSSR count). The maximum absolute atomic E-state index is 12.2. The number of quaternary nitrogens is 1. The first-order valence-corrected chi connectivity index (χ1v) is 9.53. The number of nitrogens with one attached hydrogen (secondary N) is 2. The molecular formula is C23H31N2O3+. The minimum atomic E-state index is -0.364. The van der Waals surface area contributed by atoms with Crippen LogP contribution in [0.4, 0.5) is 0 Å². The Morgan fingerprint density at radius 3 is 2.07 bits per heavy atom. The topological polar surface area (TPSA) is 59.8 Å². The predicted molar refractivity (Wildman–Crippen MR) is 110 cm³/mol. The van der Waals surface area contributed by atoms with Crippen LogP contribution in [0, 0.1) is 0 Å². The summed E-state index contributed by atoms with van der Waals surface area (Å²) in [5, 5.41) is 2.93. The molecular weight excluding hydrogens is 352 g/mol. The van der Waals surface area contributed by atoms with E-state index < -0.39 is 0 Å². The largest absolute Gasteiger partial charge is 0.465 e. The average molecular weight is 384 g/mol. The normalized spacial score (nSPS) is 12.3. The number of esters is 1. The Bertz CT molecular complexity index is 790. The minimum Gasteiger partial charge on any atom is -0.465 e. The summed E-state index contributed by atoms with van der Waals surface area (Å²) in [6, 6.07) is 15.7. The summed E-state index contributed by atoms with van der Waals surface area (Å²) in [6.45, 7) is 8.24. The molecule has 0 fully saturated rings. The van der Waals surface area contributed by atoms with Crippen LogP contribution in [0.15, 0.2) is 48.5 Å². The van der Waals surface area contributed by atoms with Crippen LogP contribution in [-0.2, 0) is 28.0 Å². The maximum Gasteiger partial charge on any atom is 0.337 e. The molecule has 0 aromatic heterocycles. The third-order valence-electron chi connectivity index (χ3n) is 4.65. The van der Waals surface area contributed by atoms with Gasteiger partial charge >= 0.3 is 5.97 Å². The lowest BCUT2D eigenvalue weighted by atomic mass is 9.87. The van der Waals surface area contributed by atoms with Crippen molar-refractivity contribution in [2.24, 2.45) is 0 Å². The van der Waals surface area contributed by atoms with Crippen molar-refractivity contribution in [3.05, 3.63) is 70.8 Å². The molecule has 5 heteroatoms. The molecule has 150 valence electrons. The van der Waals surface area contributed by atoms with Gasteiger partial charge in [-0.25, -0.2) is 4.79 Å². The standard InChI is InChI=1S/C23H30N2O3/c1-23(2,3)20-12-8-18(9-13-20)15-25(4)16-21(26)24-14-17-6-10-19(11-7-17)22(27)28-5/h6-13H,14-16H2,1-5H3,(H,24,26)/p+1. The fraction of sp³-hybridized carbons (Fsp3) is 0.391. The first-order chi connectivity index (χ1) is 13.2. The van der Waals surface area contributed by atoms with Gasteiger partial charge < -0.3 is 15.0 Å². The van der Waals surface area contributed by atoms with E-state index in [0.29, 0.717) is 18.7 Å². The molecule has 5 nitrogen and oxygen atoms in total. The van der Waals surface area contributed by atoms with E-state index in [1.54, 1.807) is 12.1 Å². The Morgan fingerprint density at radius 2 is 1.54 bits per heavy atom. The second-order valence-electron chi connectivity index (χ2n) is 8.22. The highest BCUT2D eigenvalue weighted by molar-refractivity contribution is 5.89. The predicted octanol–water partition coefficient (Wildman–Crippen LogP) is 2.10. The fourth-order valence-corrected chi connectivity index (χ4v) is 2.95. The third kappa shape index (κ3) is 6.50. The molecule has 1 amide bonds. The van der Waals surface area contributed by atoms with Gasteiger partial charge in [-0.15, -0.1) is 0 Å². The first kappa shape index (κ1) is 21.6. The highest BCUT2D eigenvalue weighted by Gasteiger charge is 2.14. The molecule has 1 unspecified atom stereocenters. The van der Waals surface area contributed by atoms with Crippen LogP contribution in [0.5, 0.6) is 0 Å². The van der Waals surface area contributed by atoms with Gasteiger partial charge in [0.05, 0.1) is 19.7 Å². The van der Waals surface area contributed by atoms with Crippen molar-refractivity contribution in [2.45, 2.75) is 39.3 Å². The summed E-state index contributed by atoms with van der Waals surface area (Å²) in [7, 11) is 3.37. The monoisotopic (exact) mass is 383 g/mol. The van der Waals surface area contributed by atoms with Crippen LogP contribution in [0.3, 0.4) is 0 Å². The molecule has 2 N–H and O–H groups in total. The van der Waals surface area contributed by atoms with Crippen molar-refractivity contribution < 1.29 is 19.2 Å². The Morgan fingerprint density at radius 1 is 0.964 bits per heavy atom. The van der Waals surface area contributed by atoms with Gasteiger partial charge in [-0.3, -0.25) is 4.79 Å². The van der Waals surface area contributed by atoms with E-state index in [9.17, 15) is 9.59 Å². The highest BCUT2D eigenvalue weighted by Crippen LogP contribution is 2.21. The lowest BCUT2D eigenvalue weighted by Crippen LogP contribution is -3.08. The number of benzene rings is 2. The molecule has 0 spiro atoms. The van der Waals surface area contributed by atoms with Crippen molar-refractivity contribution >= 4 is 11.9 Å². The van der Waals surface area contributed by atoms with Crippen LogP contribution in [0.25, 0.3) is 0 Å². The number of hydrogen-bond donors (Lipinski definition) is 2. The fourth-order valence-electron chi connectivity index (χ4n) is 2.95. The molecule has 0 aliphatic rings. The van der Waals surface area contributed by atoms with Crippen LogP contribution < -0.4 is 10.2 Å². The molecule has 0 radical (unpaired) electrons. The van der Waals surface area contributed by atoms with Gasteiger partial charge in [-0.05, 0) is 28.7 Å². The van der Waals surface area contributed by atoms with Gasteiger partial charge in [0.1, 0.15) is 6.54 Å². The van der Waals surface area contributed by atoms with Gasteiger partial charge in [0.2, 0.25) is 0 Å². The van der Waals surface area contributed by atoms with Crippen molar-refractivity contribution in [3.8, 4) is 0 Å². The Kier molecular flexibility index (Phi) is 7.35. The number of carbonyl (C=O) groups excluding carboxylic acids is 2. The summed E-state index contributed by atoms with van der Waals surface area (Å²) in [5.41, 5.74) is 4.11. The number of rotatable bonds is 7. The smallest absolute Gasteiger partial charge is 0.337 e. The summed E-state index contributed by atoms with van der Waals surface area (Å²) < 4.78 is 4.68. The van der Waals surface area contributed by atoms with Crippen LogP contribution in [-0.4, -0.2) is 32.6 Å². The molecule has 0 saturated heterocycles. The highest BCUT2D eigenvalue weighted by atomic mass is 16.5. The zero-order valence-electron chi connectivity index (χ0n) is 17.5. The van der Waals surface area contributed by atoms with Gasteiger partial charge in [0.15, 0.2) is 6.54 Å². The van der Waals surface area contributed by atoms with Gasteiger partial charge in [0.25, 0.3) is 5.91 Å². The SMILES string of the molecule is COC(=O)c1ccc(CNC(=O)C[NH+](C)Cc2ccc(C(C)(C)C)cc2)cc1. The van der Waals surface area contributed by atoms with Crippen molar-refractivity contribution in [2.75, 3.05) is 20.7 Å². The molecule has 1 atom stereocenters. The van der Waals surface area contributed by atoms with Gasteiger partial charge in [0, 0.05) is 12.1 Å². The molecule has 2 aromatic carbocycles. The van der Waals surface area contributed by atoms with E-state index in [1.165, 1.54) is 18.2 Å². The van der Waals surface area contributed by atoms with Crippen molar-refractivity contribution in [1.29, 1.82) is 0 Å². The quantitative estimate of drug-likeness (QED) is 0.720. The number of carbonyl (C=O) groups is 2. The minimum absolute atomic E-state index is 0.000793. The van der Waals surface area contributed by atoms with E-state index in [2.05, 4.69) is 55.1 Å². The van der Waals surface area contributed by atoms with Crippen molar-refractivity contribution in [3.63, 3.8) is 0 Å². The third-order valence-corrected chi connectivity index (χ3v) is 4.65. The summed E-state index contributed by atoms with van der Waals surface area (Å²) in [4.78, 5) is 24.8. The van der Waals surface area contributed by atoms with Crippen molar-refractivity contribution in [1.82, 2.24) is 5.32 Å². The Labute approximate surface area is 167 Å². The van der Waals surface area contributed by atoms with Crippen LogP contribution in [0.1, 0.15) is 47.8 Å². The molecule has 0 bridgehead atoms. The number of hydrogen-bond acceptors (Lipinski definition) is 3. The summed E-state index contributed by atoms with van der Waals surface area (Å²) in [5.74, 6) is -0.364. The second kappa shape index (κ2) is 9.51. The van der Waals surface area contributed by atoms with Crippen LogP contribution in [0.2, 0.25) is 0 Å². The Hall–Kier alpha value is -2.66. The van der Waals surface area contributed by atoms with E-state index >= 15 is 0 Å². The number of methoxy groups -OCH3 is 1. The van der Waals surface area contributed by atoms with Crippen LogP contribution >= 0.6 is 0 Å². The zero-order valence-corrected chi connectivity index (χ0v) is 17.5. The second-order valence-corrected chi connectivity index (χ2v) is 8.22. The van der Waals surface area contributed by atoms with E-state index in [4.69, 9.17) is 0 Å². The maximum atomic E-state index is 12.2. The zero-order chi connectivity index (χ0) is 20.7. The molecule has 28 heavy (non-hydrogen) atoms. The Balaban J connectivity index is 1.80. The molecule has 0 aliphatic heterocycles. The lowest BCUT2D eigenvalue weighted by molar-refractivity contribution is -0.885. The lowest BCUT2D eigenvalue weighted by Gasteiger charge is -2.19. The molecule has 2 aromatic rings. The van der Waals surface area contributed by atoms with Gasteiger partial charge in [-0.2, -0.15) is 0 Å². The van der Waals surface area contributed by atoms with Gasteiger partial charge in [-0.1, -0.05) is 57.2 Å². The van der Waals surface area contributed by atoms with E-state index in [0.717, 1.165) is 17.0 Å². The average Bonchev–Trinajstić information content (AvgIpc) is 2.65. The summed E-state index contributed by atoms with van der Waals surface area (Å²) in [6.07, 6.45) is 0. The summed E-state index contributed by atoms with van der Waals surface area (Å²) >= 11 is 0. The number of amides is 1. The molecule has 0 saturated carbocycles. The first-order valence-electron chi connectivity index (χ1n) is 9.53. The number of ether oxygens (including phenoxy) is 1.